The van der Waals surface area contributed by atoms with Gasteiger partial charge in [0.1, 0.15) is 18.1 Å². The molecule has 0 radical (unpaired) electrons. The number of benzene rings is 2. The molecule has 28 heavy (non-hydrogen) atoms. The summed E-state index contributed by atoms with van der Waals surface area (Å²) in [6.45, 7) is 0.967. The highest BCUT2D eigenvalue weighted by atomic mass is 79.9. The van der Waals surface area contributed by atoms with Gasteiger partial charge < -0.3 is 14.8 Å². The van der Waals surface area contributed by atoms with Crippen LogP contribution in [0.5, 0.6) is 11.5 Å². The molecule has 1 amide bonds. The summed E-state index contributed by atoms with van der Waals surface area (Å²) < 4.78 is 13.0. The first-order chi connectivity index (χ1) is 13.6. The Morgan fingerprint density at radius 3 is 2.86 bits per heavy atom. The van der Waals surface area contributed by atoms with Crippen molar-refractivity contribution in [3.05, 3.63) is 63.6 Å². The zero-order valence-electron chi connectivity index (χ0n) is 15.4. The number of carbonyl (C=O) groups is 1. The molecule has 7 nitrogen and oxygen atoms in total. The van der Waals surface area contributed by atoms with E-state index in [2.05, 4.69) is 26.2 Å². The molecule has 0 spiro atoms. The van der Waals surface area contributed by atoms with Crippen LogP contribution in [0.4, 0.5) is 0 Å². The average Bonchev–Trinajstić information content (AvgIpc) is 2.71. The molecule has 0 unspecified atom stereocenters. The monoisotopic (exact) mass is 445 g/mol. The van der Waals surface area contributed by atoms with Gasteiger partial charge in [-0.1, -0.05) is 22.0 Å². The normalized spacial score (nSPS) is 10.6. The number of nitrogens with zero attached hydrogens (tertiary/aromatic N) is 2. The van der Waals surface area contributed by atoms with Crippen LogP contribution in [0.15, 0.2) is 58.1 Å². The van der Waals surface area contributed by atoms with Gasteiger partial charge in [0, 0.05) is 23.5 Å². The van der Waals surface area contributed by atoms with E-state index in [1.54, 1.807) is 25.3 Å². The smallest absolute Gasteiger partial charge is 0.261 e. The highest BCUT2D eigenvalue weighted by molar-refractivity contribution is 9.10. The molecule has 0 aliphatic rings. The van der Waals surface area contributed by atoms with Crippen LogP contribution < -0.4 is 20.3 Å². The van der Waals surface area contributed by atoms with Gasteiger partial charge in [0.15, 0.2) is 0 Å². The third-order valence-electron chi connectivity index (χ3n) is 4.10. The first-order valence-electron chi connectivity index (χ1n) is 8.75. The van der Waals surface area contributed by atoms with Crippen molar-refractivity contribution in [3.63, 3.8) is 0 Å². The van der Waals surface area contributed by atoms with Crippen LogP contribution in [0.2, 0.25) is 0 Å². The zero-order valence-corrected chi connectivity index (χ0v) is 16.9. The van der Waals surface area contributed by atoms with E-state index in [1.165, 1.54) is 10.9 Å². The van der Waals surface area contributed by atoms with Crippen molar-refractivity contribution in [3.8, 4) is 11.5 Å². The fourth-order valence-electron chi connectivity index (χ4n) is 2.65. The molecule has 1 N–H and O–H groups in total. The second kappa shape index (κ2) is 9.36. The number of hydrogen-bond donors (Lipinski definition) is 1. The first-order valence-corrected chi connectivity index (χ1v) is 9.54. The maximum atomic E-state index is 12.5. The molecule has 1 aromatic heterocycles. The molecule has 0 fully saturated rings. The summed E-state index contributed by atoms with van der Waals surface area (Å²) in [7, 11) is 1.59. The Labute approximate surface area is 170 Å². The fourth-order valence-corrected chi connectivity index (χ4v) is 3.01. The van der Waals surface area contributed by atoms with Crippen molar-refractivity contribution in [2.24, 2.45) is 0 Å². The molecule has 0 aliphatic heterocycles. The van der Waals surface area contributed by atoms with Gasteiger partial charge >= 0.3 is 0 Å². The molecule has 146 valence electrons. The Bertz CT molecular complexity index is 1040. The van der Waals surface area contributed by atoms with Crippen LogP contribution in [0.25, 0.3) is 10.9 Å². The van der Waals surface area contributed by atoms with Crippen molar-refractivity contribution >= 4 is 32.7 Å². The zero-order chi connectivity index (χ0) is 19.9. The van der Waals surface area contributed by atoms with Gasteiger partial charge in [-0.25, -0.2) is 4.98 Å². The molecule has 0 bridgehead atoms. The Hall–Kier alpha value is -2.87. The lowest BCUT2D eigenvalue weighted by Gasteiger charge is -2.10. The molecular weight excluding hydrogens is 426 g/mol. The molecular formula is C20H20BrN3O4. The third-order valence-corrected chi connectivity index (χ3v) is 4.59. The van der Waals surface area contributed by atoms with E-state index in [-0.39, 0.29) is 24.4 Å². The van der Waals surface area contributed by atoms with Gasteiger partial charge in [0.05, 0.1) is 30.9 Å². The van der Waals surface area contributed by atoms with E-state index < -0.39 is 0 Å². The Kier molecular flexibility index (Phi) is 6.65. The quantitative estimate of drug-likeness (QED) is 0.539. The predicted octanol–water partition coefficient (Wildman–Crippen LogP) is 2.75. The summed E-state index contributed by atoms with van der Waals surface area (Å²) in [6, 6.07) is 12.6. The molecule has 3 rings (SSSR count). The molecule has 1 heterocycles. The van der Waals surface area contributed by atoms with Gasteiger partial charge in [-0.05, 0) is 30.3 Å². The van der Waals surface area contributed by atoms with Gasteiger partial charge in [-0.3, -0.25) is 14.2 Å². The molecule has 0 atom stereocenters. The summed E-state index contributed by atoms with van der Waals surface area (Å²) in [5.41, 5.74) is 0.462. The fraction of sp³-hybridized carbons (Fsp3) is 0.250. The number of rotatable bonds is 8. The Morgan fingerprint density at radius 1 is 1.21 bits per heavy atom. The van der Waals surface area contributed by atoms with Crippen molar-refractivity contribution in [2.75, 3.05) is 20.3 Å². The number of ether oxygens (including phenoxy) is 2. The summed E-state index contributed by atoms with van der Waals surface area (Å²) in [5, 5.41) is 3.30. The Balaban J connectivity index is 1.47. The maximum absolute atomic E-state index is 12.5. The van der Waals surface area contributed by atoms with Gasteiger partial charge in [0.25, 0.3) is 5.56 Å². The van der Waals surface area contributed by atoms with Crippen LogP contribution in [0.3, 0.4) is 0 Å². The van der Waals surface area contributed by atoms with E-state index in [4.69, 9.17) is 9.47 Å². The van der Waals surface area contributed by atoms with Crippen molar-refractivity contribution in [1.29, 1.82) is 0 Å². The predicted molar refractivity (Wildman–Crippen MR) is 110 cm³/mol. The second-order valence-electron chi connectivity index (χ2n) is 6.03. The van der Waals surface area contributed by atoms with Crippen LogP contribution >= 0.6 is 15.9 Å². The number of amides is 1. The van der Waals surface area contributed by atoms with E-state index in [0.717, 1.165) is 4.47 Å². The van der Waals surface area contributed by atoms with Crippen LogP contribution in [0.1, 0.15) is 6.42 Å². The SMILES string of the molecule is COc1cccc(OCCNC(=O)CCn2cnc3ccc(Br)cc3c2=O)c1. The van der Waals surface area contributed by atoms with Crippen LogP contribution in [-0.2, 0) is 11.3 Å². The number of carbonyl (C=O) groups excluding carboxylic acids is 1. The van der Waals surface area contributed by atoms with Crippen molar-refractivity contribution < 1.29 is 14.3 Å². The molecule has 3 aromatic rings. The molecule has 0 saturated heterocycles. The highest BCUT2D eigenvalue weighted by Gasteiger charge is 2.07. The molecule has 0 saturated carbocycles. The molecule has 8 heteroatoms. The number of aromatic nitrogens is 2. The number of fused-ring (bicyclic) bond motifs is 1. The van der Waals surface area contributed by atoms with Crippen molar-refractivity contribution in [2.45, 2.75) is 13.0 Å². The number of methoxy groups -OCH3 is 1. The average molecular weight is 446 g/mol. The first kappa shape index (κ1) is 19.9. The summed E-state index contributed by atoms with van der Waals surface area (Å²) in [4.78, 5) is 28.8. The lowest BCUT2D eigenvalue weighted by Crippen LogP contribution is -2.30. The largest absolute Gasteiger partial charge is 0.497 e. The van der Waals surface area contributed by atoms with Gasteiger partial charge in [-0.15, -0.1) is 0 Å². The third kappa shape index (κ3) is 5.10. The Morgan fingerprint density at radius 2 is 2.04 bits per heavy atom. The molecule has 0 aliphatic carbocycles. The minimum Gasteiger partial charge on any atom is -0.497 e. The minimum absolute atomic E-state index is 0.157. The number of aryl methyl sites for hydroxylation is 1. The van der Waals surface area contributed by atoms with E-state index in [0.29, 0.717) is 35.6 Å². The van der Waals surface area contributed by atoms with Crippen LogP contribution in [-0.4, -0.2) is 35.7 Å². The minimum atomic E-state index is -0.166. The van der Waals surface area contributed by atoms with Gasteiger partial charge in [0.2, 0.25) is 5.91 Å². The topological polar surface area (TPSA) is 82.4 Å². The van der Waals surface area contributed by atoms with E-state index in [1.807, 2.05) is 24.3 Å². The summed E-state index contributed by atoms with van der Waals surface area (Å²) in [5.74, 6) is 1.23. The lowest BCUT2D eigenvalue weighted by molar-refractivity contribution is -0.121. The van der Waals surface area contributed by atoms with Crippen molar-refractivity contribution in [1.82, 2.24) is 14.9 Å². The maximum Gasteiger partial charge on any atom is 0.261 e. The standard InChI is InChI=1S/C20H20BrN3O4/c1-27-15-3-2-4-16(12-15)28-10-8-22-19(25)7-9-24-13-23-18-6-5-14(21)11-17(18)20(24)26/h2-6,11-13H,7-10H2,1H3,(H,22,25). The van der Waals surface area contributed by atoms with Crippen LogP contribution in [0, 0.1) is 0 Å². The second-order valence-corrected chi connectivity index (χ2v) is 6.95. The summed E-state index contributed by atoms with van der Waals surface area (Å²) >= 11 is 3.35. The number of hydrogen-bond acceptors (Lipinski definition) is 5. The number of nitrogens with one attached hydrogen (secondary N) is 1. The lowest BCUT2D eigenvalue weighted by atomic mass is 10.2. The highest BCUT2D eigenvalue weighted by Crippen LogP contribution is 2.18. The van der Waals surface area contributed by atoms with E-state index >= 15 is 0 Å². The summed E-state index contributed by atoms with van der Waals surface area (Å²) in [6.07, 6.45) is 1.65. The van der Waals surface area contributed by atoms with Gasteiger partial charge in [-0.2, -0.15) is 0 Å². The number of halogens is 1. The van der Waals surface area contributed by atoms with E-state index in [9.17, 15) is 9.59 Å². The molecule has 2 aromatic carbocycles.